The van der Waals surface area contributed by atoms with Gasteiger partial charge in [0.15, 0.2) is 12.3 Å². The normalized spacial score (nSPS) is 17.1. The van der Waals surface area contributed by atoms with E-state index in [2.05, 4.69) is 5.32 Å². The third-order valence-corrected chi connectivity index (χ3v) is 6.25. The van der Waals surface area contributed by atoms with Crippen LogP contribution in [0.15, 0.2) is 30.3 Å². The first-order valence-electron chi connectivity index (χ1n) is 9.18. The molecule has 0 atom stereocenters. The summed E-state index contributed by atoms with van der Waals surface area (Å²) in [6.45, 7) is 3.53. The van der Waals surface area contributed by atoms with Gasteiger partial charge in [-0.15, -0.1) is 11.3 Å². The quantitative estimate of drug-likeness (QED) is 0.780. The van der Waals surface area contributed by atoms with Crippen LogP contribution < -0.4 is 10.2 Å². The summed E-state index contributed by atoms with van der Waals surface area (Å²) in [6, 6.07) is 9.33. The molecule has 0 bridgehead atoms. The van der Waals surface area contributed by atoms with E-state index in [1.165, 1.54) is 9.78 Å². The second kappa shape index (κ2) is 7.70. The van der Waals surface area contributed by atoms with Crippen molar-refractivity contribution in [3.05, 3.63) is 51.9 Å². The largest absolute Gasteiger partial charge is 0.370 e. The fraction of sp³-hybridized carbons (Fsp3) is 0.400. The number of quaternary nitrogens is 1. The fourth-order valence-corrected chi connectivity index (χ4v) is 5.00. The van der Waals surface area contributed by atoms with Crippen LogP contribution in [0.25, 0.3) is 0 Å². The van der Waals surface area contributed by atoms with E-state index in [1.807, 2.05) is 30.3 Å². The molecular weight excluding hydrogens is 348 g/mol. The zero-order valence-electron chi connectivity index (χ0n) is 14.7. The number of ether oxygens (including phenoxy) is 1. The molecule has 1 fully saturated rings. The van der Waals surface area contributed by atoms with Crippen LogP contribution in [-0.2, 0) is 22.4 Å². The minimum atomic E-state index is -0.0241. The van der Waals surface area contributed by atoms with Crippen LogP contribution in [0.4, 0.5) is 5.00 Å². The van der Waals surface area contributed by atoms with E-state index >= 15 is 0 Å². The Morgan fingerprint density at radius 3 is 2.65 bits per heavy atom. The van der Waals surface area contributed by atoms with Crippen molar-refractivity contribution in [1.82, 2.24) is 0 Å². The molecule has 2 aromatic rings. The predicted octanol–water partition coefficient (Wildman–Crippen LogP) is 1.32. The van der Waals surface area contributed by atoms with Crippen molar-refractivity contribution in [3.63, 3.8) is 0 Å². The van der Waals surface area contributed by atoms with Gasteiger partial charge < -0.3 is 15.0 Å². The number of morpholine rings is 1. The number of ketones is 1. The minimum absolute atomic E-state index is 0.0130. The van der Waals surface area contributed by atoms with E-state index in [9.17, 15) is 9.59 Å². The number of anilines is 1. The van der Waals surface area contributed by atoms with Crippen molar-refractivity contribution >= 4 is 28.0 Å². The minimum Gasteiger partial charge on any atom is -0.370 e. The van der Waals surface area contributed by atoms with Gasteiger partial charge in [-0.05, 0) is 24.8 Å². The molecule has 1 aromatic carbocycles. The van der Waals surface area contributed by atoms with Gasteiger partial charge in [0.05, 0.1) is 18.8 Å². The molecule has 0 radical (unpaired) electrons. The smallest absolute Gasteiger partial charge is 0.280 e. The molecule has 26 heavy (non-hydrogen) atoms. The van der Waals surface area contributed by atoms with Gasteiger partial charge in [-0.25, -0.2) is 0 Å². The number of thiophene rings is 1. The average molecular weight is 371 g/mol. The number of benzene rings is 1. The van der Waals surface area contributed by atoms with Crippen LogP contribution in [0, 0.1) is 0 Å². The summed E-state index contributed by atoms with van der Waals surface area (Å²) in [6.07, 6.45) is 3.01. The lowest BCUT2D eigenvalue weighted by Crippen LogP contribution is -3.15. The molecule has 2 N–H and O–H groups in total. The number of aryl methyl sites for hydroxylation is 1. The highest BCUT2D eigenvalue weighted by atomic mass is 32.1. The van der Waals surface area contributed by atoms with Gasteiger partial charge in [0.1, 0.15) is 18.1 Å². The Morgan fingerprint density at radius 2 is 1.88 bits per heavy atom. The molecule has 5 nitrogen and oxygen atoms in total. The van der Waals surface area contributed by atoms with Crippen molar-refractivity contribution < 1.29 is 19.2 Å². The summed E-state index contributed by atoms with van der Waals surface area (Å²) in [7, 11) is 0. The molecule has 0 spiro atoms. The molecule has 136 valence electrons. The molecule has 2 aliphatic rings. The van der Waals surface area contributed by atoms with Crippen LogP contribution in [0.5, 0.6) is 0 Å². The second-order valence-electron chi connectivity index (χ2n) is 6.84. The van der Waals surface area contributed by atoms with Gasteiger partial charge in [0, 0.05) is 10.4 Å². The molecule has 1 amide bonds. The number of hydrogen-bond donors (Lipinski definition) is 2. The Hall–Kier alpha value is -2.02. The van der Waals surface area contributed by atoms with E-state index in [0.717, 1.165) is 42.9 Å². The summed E-state index contributed by atoms with van der Waals surface area (Å²) >= 11 is 1.58. The first kappa shape index (κ1) is 17.4. The fourth-order valence-electron chi connectivity index (χ4n) is 3.70. The van der Waals surface area contributed by atoms with E-state index in [4.69, 9.17) is 4.74 Å². The van der Waals surface area contributed by atoms with Gasteiger partial charge in [0.2, 0.25) is 0 Å². The zero-order valence-corrected chi connectivity index (χ0v) is 15.5. The molecular formula is C20H23N2O3S+. The molecule has 1 aromatic heterocycles. The molecule has 4 rings (SSSR count). The summed E-state index contributed by atoms with van der Waals surface area (Å²) in [4.78, 5) is 28.1. The Labute approximate surface area is 157 Å². The highest BCUT2D eigenvalue weighted by Gasteiger charge is 2.28. The molecule has 0 unspecified atom stereocenters. The van der Waals surface area contributed by atoms with Crippen molar-refractivity contribution in [2.45, 2.75) is 19.3 Å². The highest BCUT2D eigenvalue weighted by molar-refractivity contribution is 7.17. The van der Waals surface area contributed by atoms with E-state index in [1.54, 1.807) is 11.3 Å². The topological polar surface area (TPSA) is 59.8 Å². The maximum Gasteiger partial charge on any atom is 0.280 e. The van der Waals surface area contributed by atoms with E-state index in [0.29, 0.717) is 30.9 Å². The molecule has 6 heteroatoms. The number of fused-ring (bicyclic) bond motifs is 1. The predicted molar refractivity (Wildman–Crippen MR) is 101 cm³/mol. The van der Waals surface area contributed by atoms with Gasteiger partial charge in [-0.3, -0.25) is 9.59 Å². The summed E-state index contributed by atoms with van der Waals surface area (Å²) < 4.78 is 5.35. The molecule has 1 saturated heterocycles. The van der Waals surface area contributed by atoms with Gasteiger partial charge in [0.25, 0.3) is 5.91 Å². The number of carbonyl (C=O) groups excluding carboxylic acids is 2. The second-order valence-corrected chi connectivity index (χ2v) is 7.95. The van der Waals surface area contributed by atoms with E-state index in [-0.39, 0.29) is 11.7 Å². The summed E-state index contributed by atoms with van der Waals surface area (Å²) in [5, 5.41) is 3.76. The Morgan fingerprint density at radius 1 is 1.12 bits per heavy atom. The van der Waals surface area contributed by atoms with Crippen molar-refractivity contribution in [2.24, 2.45) is 0 Å². The van der Waals surface area contributed by atoms with Gasteiger partial charge in [-0.2, -0.15) is 0 Å². The third kappa shape index (κ3) is 3.58. The van der Waals surface area contributed by atoms with Crippen molar-refractivity contribution in [1.29, 1.82) is 0 Å². The molecule has 1 aliphatic heterocycles. The number of carbonyl (C=O) groups is 2. The molecule has 1 aliphatic carbocycles. The lowest BCUT2D eigenvalue weighted by atomic mass is 10.0. The van der Waals surface area contributed by atoms with Crippen LogP contribution in [0.1, 0.15) is 32.8 Å². The van der Waals surface area contributed by atoms with Crippen molar-refractivity contribution in [2.75, 3.05) is 38.2 Å². The average Bonchev–Trinajstić information content (AvgIpc) is 3.23. The Balaban J connectivity index is 1.56. The van der Waals surface area contributed by atoms with Crippen molar-refractivity contribution in [3.8, 4) is 0 Å². The van der Waals surface area contributed by atoms with Gasteiger partial charge >= 0.3 is 0 Å². The SMILES string of the molecule is O=C(C[NH+]1CCOCC1)Nc1sc2c(c1C(=O)c1ccccc1)CCC2. The van der Waals surface area contributed by atoms with Crippen LogP contribution in [-0.4, -0.2) is 44.5 Å². The standard InChI is InChI=1S/C20H22N2O3S/c23-17(13-22-9-11-25-12-10-22)21-20-18(15-7-4-8-16(15)26-20)19(24)14-5-2-1-3-6-14/h1-3,5-6H,4,7-13H2,(H,21,23)/p+1. The van der Waals surface area contributed by atoms with E-state index < -0.39 is 0 Å². The number of nitrogens with one attached hydrogen (secondary N) is 2. The number of hydrogen-bond acceptors (Lipinski definition) is 4. The summed E-state index contributed by atoms with van der Waals surface area (Å²) in [5.74, 6) is -0.0112. The molecule has 2 heterocycles. The maximum absolute atomic E-state index is 13.1. The monoisotopic (exact) mass is 371 g/mol. The Bertz CT molecular complexity index is 810. The summed E-state index contributed by atoms with van der Waals surface area (Å²) in [5.41, 5.74) is 2.52. The lowest BCUT2D eigenvalue weighted by molar-refractivity contribution is -0.899. The Kier molecular flexibility index (Phi) is 5.15. The first-order valence-corrected chi connectivity index (χ1v) is 9.99. The van der Waals surface area contributed by atoms with Crippen LogP contribution >= 0.6 is 11.3 Å². The first-order chi connectivity index (χ1) is 12.7. The number of rotatable bonds is 5. The number of amides is 1. The lowest BCUT2D eigenvalue weighted by Gasteiger charge is -2.23. The zero-order chi connectivity index (χ0) is 17.9. The van der Waals surface area contributed by atoms with Gasteiger partial charge in [-0.1, -0.05) is 30.3 Å². The molecule has 0 saturated carbocycles. The van der Waals surface area contributed by atoms with Crippen LogP contribution in [0.3, 0.4) is 0 Å². The third-order valence-electron chi connectivity index (χ3n) is 5.05. The highest BCUT2D eigenvalue weighted by Crippen LogP contribution is 2.40. The van der Waals surface area contributed by atoms with Crippen LogP contribution in [0.2, 0.25) is 0 Å². The maximum atomic E-state index is 13.1.